The van der Waals surface area contributed by atoms with E-state index in [9.17, 15) is 0 Å². The fraction of sp³-hybridized carbons (Fsp3) is 0.250. The summed E-state index contributed by atoms with van der Waals surface area (Å²) in [5.74, 6) is 0.917. The van der Waals surface area contributed by atoms with E-state index < -0.39 is 0 Å². The predicted molar refractivity (Wildman–Crippen MR) is 38.8 cm³/mol. The van der Waals surface area contributed by atoms with E-state index in [1.54, 1.807) is 7.11 Å². The SMILES string of the molecule is COc1ccc(C)cc1.[H-].[Li+]. The Balaban J connectivity index is 0. The van der Waals surface area contributed by atoms with Crippen LogP contribution in [0, 0.1) is 6.92 Å². The van der Waals surface area contributed by atoms with Crippen molar-refractivity contribution < 1.29 is 25.0 Å². The minimum atomic E-state index is 0. The Morgan fingerprint density at radius 2 is 1.70 bits per heavy atom. The van der Waals surface area contributed by atoms with Crippen LogP contribution < -0.4 is 23.6 Å². The van der Waals surface area contributed by atoms with Crippen LogP contribution in [0.15, 0.2) is 24.3 Å². The van der Waals surface area contributed by atoms with E-state index in [-0.39, 0.29) is 20.3 Å². The Morgan fingerprint density at radius 3 is 2.10 bits per heavy atom. The van der Waals surface area contributed by atoms with Gasteiger partial charge < -0.3 is 6.16 Å². The zero-order valence-corrected chi connectivity index (χ0v) is 6.72. The minimum absolute atomic E-state index is 0. The van der Waals surface area contributed by atoms with Crippen LogP contribution in [-0.4, -0.2) is 7.11 Å². The molecule has 10 heavy (non-hydrogen) atoms. The van der Waals surface area contributed by atoms with E-state index in [1.807, 2.05) is 24.3 Å². The van der Waals surface area contributed by atoms with Gasteiger partial charge in [0, 0.05) is 0 Å². The molecule has 0 saturated heterocycles. The molecule has 0 atom stereocenters. The second-order valence-corrected chi connectivity index (χ2v) is 2.02. The third-order valence-electron chi connectivity index (χ3n) is 1.26. The van der Waals surface area contributed by atoms with Crippen LogP contribution in [0.1, 0.15) is 6.99 Å². The fourth-order valence-electron chi connectivity index (χ4n) is 0.674. The smallest absolute Gasteiger partial charge is 1.00 e. The Hall–Kier alpha value is -0.383. The second kappa shape index (κ2) is 4.44. The van der Waals surface area contributed by atoms with Gasteiger partial charge in [0.05, 0.1) is 7.11 Å². The molecule has 1 nitrogen and oxygen atoms in total. The van der Waals surface area contributed by atoms with Crippen LogP contribution in [-0.2, 0) is 0 Å². The molecule has 0 N–H and O–H groups in total. The molecule has 0 spiro atoms. The number of hydrogen-bond donors (Lipinski definition) is 0. The fourth-order valence-corrected chi connectivity index (χ4v) is 0.674. The van der Waals surface area contributed by atoms with E-state index in [2.05, 4.69) is 6.92 Å². The molecule has 0 heterocycles. The summed E-state index contributed by atoms with van der Waals surface area (Å²) in [6, 6.07) is 7.96. The molecule has 50 valence electrons. The zero-order chi connectivity index (χ0) is 6.69. The van der Waals surface area contributed by atoms with Crippen molar-refractivity contribution in [1.29, 1.82) is 0 Å². The zero-order valence-electron chi connectivity index (χ0n) is 7.72. The molecule has 0 amide bonds. The Labute approximate surface area is 75.1 Å². The third-order valence-corrected chi connectivity index (χ3v) is 1.26. The van der Waals surface area contributed by atoms with Gasteiger partial charge in [0.2, 0.25) is 0 Å². The van der Waals surface area contributed by atoms with Crippen LogP contribution >= 0.6 is 0 Å². The monoisotopic (exact) mass is 130 g/mol. The molecular formula is C8H11LiO. The van der Waals surface area contributed by atoms with E-state index in [0.717, 1.165) is 5.75 Å². The van der Waals surface area contributed by atoms with Crippen molar-refractivity contribution in [3.05, 3.63) is 29.8 Å². The molecule has 0 aromatic heterocycles. The summed E-state index contributed by atoms with van der Waals surface area (Å²) < 4.78 is 4.97. The van der Waals surface area contributed by atoms with Gasteiger partial charge in [-0.2, -0.15) is 0 Å². The van der Waals surface area contributed by atoms with Gasteiger partial charge in [-0.05, 0) is 19.1 Å². The van der Waals surface area contributed by atoms with Crippen molar-refractivity contribution in [1.82, 2.24) is 0 Å². The van der Waals surface area contributed by atoms with Crippen molar-refractivity contribution >= 4 is 0 Å². The quantitative estimate of drug-likeness (QED) is 0.448. The molecule has 0 radical (unpaired) electrons. The first kappa shape index (κ1) is 9.62. The maximum Gasteiger partial charge on any atom is 1.00 e. The molecule has 1 aromatic rings. The Morgan fingerprint density at radius 1 is 1.20 bits per heavy atom. The average Bonchev–Trinajstić information content (AvgIpc) is 1.90. The predicted octanol–water partition coefficient (Wildman–Crippen LogP) is -0.880. The van der Waals surface area contributed by atoms with Crippen LogP contribution in [0.4, 0.5) is 0 Å². The number of rotatable bonds is 1. The minimum Gasteiger partial charge on any atom is -1.00 e. The van der Waals surface area contributed by atoms with Crippen molar-refractivity contribution in [2.24, 2.45) is 0 Å². The van der Waals surface area contributed by atoms with Gasteiger partial charge in [-0.3, -0.25) is 0 Å². The number of benzene rings is 1. The van der Waals surface area contributed by atoms with E-state index >= 15 is 0 Å². The molecule has 0 aliphatic carbocycles. The summed E-state index contributed by atoms with van der Waals surface area (Å²) >= 11 is 0. The van der Waals surface area contributed by atoms with Crippen molar-refractivity contribution in [2.45, 2.75) is 6.92 Å². The molecule has 1 aromatic carbocycles. The van der Waals surface area contributed by atoms with Gasteiger partial charge >= 0.3 is 18.9 Å². The summed E-state index contributed by atoms with van der Waals surface area (Å²) in [6.45, 7) is 2.06. The standard InChI is InChI=1S/C8H10O.Li.H/c1-7-3-5-8(9-2)6-4-7;;/h3-6H,1-2H3;;/q;+1;-1. The molecule has 0 unspecified atom stereocenters. The van der Waals surface area contributed by atoms with Crippen LogP contribution in [0.3, 0.4) is 0 Å². The summed E-state index contributed by atoms with van der Waals surface area (Å²) in [7, 11) is 1.67. The Bertz CT molecular complexity index is 186. The first-order valence-electron chi connectivity index (χ1n) is 2.93. The number of aryl methyl sites for hydroxylation is 1. The molecule has 1 rings (SSSR count). The van der Waals surface area contributed by atoms with Gasteiger partial charge in [-0.1, -0.05) is 17.7 Å². The summed E-state index contributed by atoms with van der Waals surface area (Å²) in [6.07, 6.45) is 0. The van der Waals surface area contributed by atoms with Crippen molar-refractivity contribution in [3.63, 3.8) is 0 Å². The molecule has 0 aliphatic heterocycles. The second-order valence-electron chi connectivity index (χ2n) is 2.02. The third kappa shape index (κ3) is 2.47. The van der Waals surface area contributed by atoms with E-state index in [1.165, 1.54) is 5.56 Å². The first-order chi connectivity index (χ1) is 4.33. The maximum atomic E-state index is 4.97. The molecule has 2 heteroatoms. The molecular weight excluding hydrogens is 119 g/mol. The van der Waals surface area contributed by atoms with Gasteiger partial charge in [-0.25, -0.2) is 0 Å². The maximum absolute atomic E-state index is 4.97. The molecule has 0 bridgehead atoms. The summed E-state index contributed by atoms with van der Waals surface area (Å²) in [5.41, 5.74) is 1.26. The number of methoxy groups -OCH3 is 1. The van der Waals surface area contributed by atoms with Crippen molar-refractivity contribution in [2.75, 3.05) is 7.11 Å². The normalized spacial score (nSPS) is 8.20. The topological polar surface area (TPSA) is 9.23 Å². The van der Waals surface area contributed by atoms with Gasteiger partial charge in [0.25, 0.3) is 0 Å². The van der Waals surface area contributed by atoms with E-state index in [4.69, 9.17) is 4.74 Å². The Kier molecular flexibility index (Phi) is 4.27. The first-order valence-corrected chi connectivity index (χ1v) is 2.93. The van der Waals surface area contributed by atoms with Crippen molar-refractivity contribution in [3.8, 4) is 5.75 Å². The number of hydrogen-bond acceptors (Lipinski definition) is 1. The summed E-state index contributed by atoms with van der Waals surface area (Å²) in [5, 5.41) is 0. The van der Waals surface area contributed by atoms with Crippen LogP contribution in [0.25, 0.3) is 0 Å². The average molecular weight is 130 g/mol. The molecule has 0 aliphatic rings. The van der Waals surface area contributed by atoms with Gasteiger partial charge in [0.15, 0.2) is 0 Å². The summed E-state index contributed by atoms with van der Waals surface area (Å²) in [4.78, 5) is 0. The molecule has 0 saturated carbocycles. The largest absolute Gasteiger partial charge is 1.00 e. The van der Waals surface area contributed by atoms with Gasteiger partial charge in [0.1, 0.15) is 5.75 Å². The molecule has 0 fully saturated rings. The van der Waals surface area contributed by atoms with E-state index in [0.29, 0.717) is 0 Å². The number of ether oxygens (including phenoxy) is 1. The van der Waals surface area contributed by atoms with Crippen LogP contribution in [0.2, 0.25) is 0 Å². The van der Waals surface area contributed by atoms with Gasteiger partial charge in [-0.15, -0.1) is 0 Å². The van der Waals surface area contributed by atoms with Crippen LogP contribution in [0.5, 0.6) is 5.75 Å².